The summed E-state index contributed by atoms with van der Waals surface area (Å²) in [6.07, 6.45) is -10.9. The number of carbonyl (C=O) groups is 2. The number of amides is 2. The van der Waals surface area contributed by atoms with Crippen LogP contribution in [0.25, 0.3) is 10.2 Å². The van der Waals surface area contributed by atoms with Crippen LogP contribution in [-0.4, -0.2) is 67.7 Å². The highest BCUT2D eigenvalue weighted by Crippen LogP contribution is 2.40. The number of likely N-dealkylation sites (tertiary alicyclic amines) is 1. The lowest BCUT2D eigenvalue weighted by Crippen LogP contribution is -2.32. The fraction of sp³-hybridized carbons (Fsp3) is 0.526. The number of alkyl halides is 6. The van der Waals surface area contributed by atoms with Crippen LogP contribution < -0.4 is 10.1 Å². The Labute approximate surface area is 192 Å². The molecule has 34 heavy (non-hydrogen) atoms. The number of nitrogens with zero attached hydrogens (tertiary/aromatic N) is 2. The SMILES string of the molecule is CNC(=O)c1csc2c(C(F)(F)F)cc(O[C@H]3CCN(C(=O)OCCCOC(F)(F)F)C3)nc12. The third kappa shape index (κ3) is 6.40. The quantitative estimate of drug-likeness (QED) is 0.440. The molecule has 2 aromatic rings. The van der Waals surface area contributed by atoms with E-state index in [1.807, 2.05) is 0 Å². The van der Waals surface area contributed by atoms with Crippen LogP contribution >= 0.6 is 11.3 Å². The molecular weight excluding hydrogens is 496 g/mol. The van der Waals surface area contributed by atoms with Crippen LogP contribution in [0, 0.1) is 0 Å². The summed E-state index contributed by atoms with van der Waals surface area (Å²) in [6, 6.07) is 0.744. The predicted octanol–water partition coefficient (Wildman–Crippen LogP) is 4.19. The molecule has 1 N–H and O–H groups in total. The van der Waals surface area contributed by atoms with Crippen LogP contribution in [0.4, 0.5) is 31.1 Å². The molecule has 188 valence electrons. The number of halogens is 6. The number of fused-ring (bicyclic) bond motifs is 1. The molecule has 0 bridgehead atoms. The van der Waals surface area contributed by atoms with E-state index >= 15 is 0 Å². The Kier molecular flexibility index (Phi) is 7.75. The monoisotopic (exact) mass is 515 g/mol. The average Bonchev–Trinajstić information content (AvgIpc) is 3.38. The zero-order valence-electron chi connectivity index (χ0n) is 17.6. The number of hydrogen-bond donors (Lipinski definition) is 1. The van der Waals surface area contributed by atoms with E-state index in [-0.39, 0.29) is 54.2 Å². The van der Waals surface area contributed by atoms with Gasteiger partial charge >= 0.3 is 18.6 Å². The molecule has 0 aromatic carbocycles. The first-order chi connectivity index (χ1) is 15.9. The molecule has 1 fully saturated rings. The molecule has 0 unspecified atom stereocenters. The van der Waals surface area contributed by atoms with E-state index in [0.29, 0.717) is 0 Å². The minimum Gasteiger partial charge on any atom is -0.472 e. The van der Waals surface area contributed by atoms with Gasteiger partial charge < -0.3 is 19.7 Å². The Balaban J connectivity index is 1.64. The fourth-order valence-corrected chi connectivity index (χ4v) is 4.23. The number of thiophene rings is 1. The lowest BCUT2D eigenvalue weighted by atomic mass is 10.2. The van der Waals surface area contributed by atoms with Gasteiger partial charge in [-0.25, -0.2) is 9.78 Å². The Bertz CT molecular complexity index is 1040. The second-order valence-electron chi connectivity index (χ2n) is 7.15. The van der Waals surface area contributed by atoms with Crippen molar-refractivity contribution in [2.45, 2.75) is 31.5 Å². The van der Waals surface area contributed by atoms with Crippen molar-refractivity contribution in [1.82, 2.24) is 15.2 Å². The largest absolute Gasteiger partial charge is 0.522 e. The van der Waals surface area contributed by atoms with Crippen LogP contribution in [0.2, 0.25) is 0 Å². The van der Waals surface area contributed by atoms with Crippen LogP contribution in [0.1, 0.15) is 28.8 Å². The Hall–Kier alpha value is -2.81. The second kappa shape index (κ2) is 10.2. The van der Waals surface area contributed by atoms with Crippen molar-refractivity contribution < 1.29 is 50.1 Å². The normalized spacial score (nSPS) is 16.7. The van der Waals surface area contributed by atoms with Crippen molar-refractivity contribution >= 4 is 33.6 Å². The van der Waals surface area contributed by atoms with Gasteiger partial charge in [0, 0.05) is 37.9 Å². The van der Waals surface area contributed by atoms with Gasteiger partial charge in [-0.05, 0) is 0 Å². The van der Waals surface area contributed by atoms with Gasteiger partial charge in [-0.15, -0.1) is 24.5 Å². The van der Waals surface area contributed by atoms with Gasteiger partial charge in [0.15, 0.2) is 0 Å². The molecule has 0 aliphatic carbocycles. The summed E-state index contributed by atoms with van der Waals surface area (Å²) in [5, 5.41) is 3.62. The number of ether oxygens (including phenoxy) is 3. The summed E-state index contributed by atoms with van der Waals surface area (Å²) in [5.74, 6) is -0.952. The third-order valence-electron chi connectivity index (χ3n) is 4.75. The highest BCUT2D eigenvalue weighted by atomic mass is 32.1. The zero-order chi connectivity index (χ0) is 25.1. The standard InChI is InChI=1S/C19H19F6N3O5S/c1-26-16(29)11-9-34-15-12(18(20,21)22)7-13(27-14(11)15)33-10-3-4-28(8-10)17(30)31-5-2-6-32-19(23,24)25/h7,9-10H,2-6,8H2,1H3,(H,26,29)/t10-/m0/s1. The molecule has 1 aliphatic heterocycles. The molecule has 1 saturated heterocycles. The molecule has 1 atom stereocenters. The zero-order valence-corrected chi connectivity index (χ0v) is 18.4. The number of carbonyl (C=O) groups excluding carboxylic acids is 2. The van der Waals surface area contributed by atoms with Crippen molar-refractivity contribution in [2.24, 2.45) is 0 Å². The first-order valence-corrected chi connectivity index (χ1v) is 10.8. The van der Waals surface area contributed by atoms with Crippen molar-refractivity contribution in [3.63, 3.8) is 0 Å². The maximum absolute atomic E-state index is 13.6. The van der Waals surface area contributed by atoms with Gasteiger partial charge in [-0.3, -0.25) is 9.53 Å². The van der Waals surface area contributed by atoms with Crippen LogP contribution in [0.3, 0.4) is 0 Å². The summed E-state index contributed by atoms with van der Waals surface area (Å²) in [6.45, 7) is -0.826. The Morgan fingerprint density at radius 1 is 1.24 bits per heavy atom. The van der Waals surface area contributed by atoms with Crippen molar-refractivity contribution in [2.75, 3.05) is 33.4 Å². The van der Waals surface area contributed by atoms with E-state index in [2.05, 4.69) is 15.0 Å². The van der Waals surface area contributed by atoms with Gasteiger partial charge in [-0.1, -0.05) is 0 Å². The van der Waals surface area contributed by atoms with Gasteiger partial charge in [-0.2, -0.15) is 13.2 Å². The van der Waals surface area contributed by atoms with Crippen molar-refractivity contribution in [1.29, 1.82) is 0 Å². The number of pyridine rings is 1. The van der Waals surface area contributed by atoms with E-state index in [0.717, 1.165) is 17.4 Å². The van der Waals surface area contributed by atoms with Crippen molar-refractivity contribution in [3.8, 4) is 5.88 Å². The van der Waals surface area contributed by atoms with Crippen LogP contribution in [-0.2, 0) is 15.7 Å². The summed E-state index contributed by atoms with van der Waals surface area (Å²) >= 11 is 0.740. The first kappa shape index (κ1) is 25.8. The smallest absolute Gasteiger partial charge is 0.472 e. The maximum Gasteiger partial charge on any atom is 0.522 e. The fourth-order valence-electron chi connectivity index (χ4n) is 3.21. The minimum atomic E-state index is -4.77. The number of hydrogen-bond acceptors (Lipinski definition) is 7. The van der Waals surface area contributed by atoms with Gasteiger partial charge in [0.25, 0.3) is 5.91 Å². The Morgan fingerprint density at radius 3 is 2.62 bits per heavy atom. The topological polar surface area (TPSA) is 90.0 Å². The lowest BCUT2D eigenvalue weighted by Gasteiger charge is -2.17. The number of rotatable bonds is 7. The molecule has 2 amide bonds. The molecule has 0 radical (unpaired) electrons. The number of nitrogens with one attached hydrogen (secondary N) is 1. The highest BCUT2D eigenvalue weighted by molar-refractivity contribution is 7.17. The van der Waals surface area contributed by atoms with Gasteiger partial charge in [0.05, 0.1) is 41.1 Å². The summed E-state index contributed by atoms with van der Waals surface area (Å²) in [4.78, 5) is 29.4. The minimum absolute atomic E-state index is 0.0229. The Morgan fingerprint density at radius 2 is 1.97 bits per heavy atom. The molecule has 3 rings (SSSR count). The highest BCUT2D eigenvalue weighted by Gasteiger charge is 2.36. The molecule has 1 aliphatic rings. The molecule has 15 heteroatoms. The molecule has 8 nitrogen and oxygen atoms in total. The summed E-state index contributed by atoms with van der Waals surface area (Å²) in [7, 11) is 1.34. The van der Waals surface area contributed by atoms with Crippen molar-refractivity contribution in [3.05, 3.63) is 22.6 Å². The molecule has 2 aromatic heterocycles. The number of aromatic nitrogens is 1. The van der Waals surface area contributed by atoms with Gasteiger partial charge in [0.2, 0.25) is 5.88 Å². The lowest BCUT2D eigenvalue weighted by molar-refractivity contribution is -0.324. The average molecular weight is 515 g/mol. The van der Waals surface area contributed by atoms with E-state index in [1.54, 1.807) is 0 Å². The maximum atomic E-state index is 13.6. The van der Waals surface area contributed by atoms with E-state index < -0.39 is 42.8 Å². The van der Waals surface area contributed by atoms with E-state index in [1.165, 1.54) is 17.3 Å². The molecule has 3 heterocycles. The molecule has 0 saturated carbocycles. The second-order valence-corrected chi connectivity index (χ2v) is 8.03. The van der Waals surface area contributed by atoms with Crippen LogP contribution in [0.5, 0.6) is 5.88 Å². The summed E-state index contributed by atoms with van der Waals surface area (Å²) < 4.78 is 90.3. The molecule has 0 spiro atoms. The van der Waals surface area contributed by atoms with E-state index in [9.17, 15) is 35.9 Å². The van der Waals surface area contributed by atoms with E-state index in [4.69, 9.17) is 9.47 Å². The van der Waals surface area contributed by atoms with Crippen LogP contribution in [0.15, 0.2) is 11.4 Å². The third-order valence-corrected chi connectivity index (χ3v) is 5.75. The summed E-state index contributed by atoms with van der Waals surface area (Å²) in [5.41, 5.74) is -1.17. The molecular formula is C19H19F6N3O5S. The van der Waals surface area contributed by atoms with Gasteiger partial charge in [0.1, 0.15) is 6.10 Å². The first-order valence-electron chi connectivity index (χ1n) is 9.89. The predicted molar refractivity (Wildman–Crippen MR) is 107 cm³/mol.